The number of carbonyl (C=O) groups excluding carboxylic acids is 2. The molecule has 1 aromatic heterocycles. The molecule has 134 valence electrons. The zero-order valence-corrected chi connectivity index (χ0v) is 15.8. The third kappa shape index (κ3) is 4.65. The molecule has 0 saturated heterocycles. The van der Waals surface area contributed by atoms with Crippen LogP contribution in [0.25, 0.3) is 0 Å². The minimum absolute atomic E-state index is 0.147. The fourth-order valence-corrected chi connectivity index (χ4v) is 4.75. The molecular weight excluding hydrogens is 368 g/mol. The number of nitrogens with zero attached hydrogens (tertiary/aromatic N) is 1. The normalized spacial score (nSPS) is 12.7. The van der Waals surface area contributed by atoms with Crippen LogP contribution in [0, 0.1) is 11.3 Å². The van der Waals surface area contributed by atoms with Crippen molar-refractivity contribution in [1.82, 2.24) is 0 Å². The van der Waals surface area contributed by atoms with Crippen molar-refractivity contribution in [3.8, 4) is 6.07 Å². The molecule has 5 nitrogen and oxygen atoms in total. The highest BCUT2D eigenvalue weighted by Crippen LogP contribution is 2.37. The number of thiophene rings is 1. The van der Waals surface area contributed by atoms with E-state index in [1.165, 1.54) is 28.0 Å². The number of benzene rings is 1. The number of ether oxygens (including phenoxy) is 1. The Hall–Kier alpha value is -2.30. The first-order valence-corrected chi connectivity index (χ1v) is 10.2. The van der Waals surface area contributed by atoms with E-state index in [9.17, 15) is 14.9 Å². The highest BCUT2D eigenvalue weighted by Gasteiger charge is 2.22. The molecule has 1 aromatic carbocycles. The summed E-state index contributed by atoms with van der Waals surface area (Å²) in [5.41, 5.74) is 1.62. The minimum Gasteiger partial charge on any atom is -0.455 e. The van der Waals surface area contributed by atoms with Crippen LogP contribution in [0.15, 0.2) is 35.2 Å². The van der Waals surface area contributed by atoms with Crippen molar-refractivity contribution in [2.24, 2.45) is 0 Å². The number of fused-ring (bicyclic) bond motifs is 1. The van der Waals surface area contributed by atoms with Gasteiger partial charge in [0.15, 0.2) is 6.61 Å². The highest BCUT2D eigenvalue weighted by molar-refractivity contribution is 8.00. The van der Waals surface area contributed by atoms with Gasteiger partial charge in [-0.2, -0.15) is 5.26 Å². The number of amides is 1. The van der Waals surface area contributed by atoms with Crippen molar-refractivity contribution in [2.45, 2.75) is 30.6 Å². The summed E-state index contributed by atoms with van der Waals surface area (Å²) in [6, 6.07) is 11.7. The Bertz CT molecular complexity index is 840. The first-order chi connectivity index (χ1) is 12.7. The molecule has 1 amide bonds. The van der Waals surface area contributed by atoms with Gasteiger partial charge in [0.1, 0.15) is 11.1 Å². The van der Waals surface area contributed by atoms with Gasteiger partial charge in [-0.25, -0.2) is 0 Å². The maximum absolute atomic E-state index is 12.1. The molecule has 0 aliphatic heterocycles. The van der Waals surface area contributed by atoms with Crippen LogP contribution in [0.5, 0.6) is 0 Å². The molecule has 0 saturated carbocycles. The molecule has 2 aromatic rings. The fourth-order valence-electron chi connectivity index (χ4n) is 2.78. The summed E-state index contributed by atoms with van der Waals surface area (Å²) >= 11 is 2.82. The molecular formula is C19H18N2O3S2. The Morgan fingerprint density at radius 3 is 2.77 bits per heavy atom. The summed E-state index contributed by atoms with van der Waals surface area (Å²) in [5, 5.41) is 12.7. The average molecular weight is 386 g/mol. The number of rotatable bonds is 6. The van der Waals surface area contributed by atoms with Gasteiger partial charge >= 0.3 is 5.97 Å². The number of nitriles is 1. The number of aryl methyl sites for hydroxylation is 1. The lowest BCUT2D eigenvalue weighted by Gasteiger charge is -2.09. The first-order valence-electron chi connectivity index (χ1n) is 8.35. The van der Waals surface area contributed by atoms with Crippen LogP contribution in [0.3, 0.4) is 0 Å². The van der Waals surface area contributed by atoms with Crippen molar-refractivity contribution >= 4 is 40.0 Å². The van der Waals surface area contributed by atoms with E-state index in [2.05, 4.69) is 11.4 Å². The minimum atomic E-state index is -0.444. The van der Waals surface area contributed by atoms with Crippen LogP contribution in [-0.2, 0) is 27.2 Å². The summed E-state index contributed by atoms with van der Waals surface area (Å²) in [5.74, 6) is -0.716. The maximum Gasteiger partial charge on any atom is 0.316 e. The fraction of sp³-hybridized carbons (Fsp3) is 0.316. The summed E-state index contributed by atoms with van der Waals surface area (Å²) in [4.78, 5) is 26.0. The lowest BCUT2D eigenvalue weighted by Crippen LogP contribution is -2.21. The van der Waals surface area contributed by atoms with Crippen LogP contribution in [-0.4, -0.2) is 24.2 Å². The maximum atomic E-state index is 12.1. The largest absolute Gasteiger partial charge is 0.455 e. The van der Waals surface area contributed by atoms with E-state index in [-0.39, 0.29) is 12.4 Å². The van der Waals surface area contributed by atoms with Gasteiger partial charge in [0.05, 0.1) is 11.3 Å². The second-order valence-electron chi connectivity index (χ2n) is 5.84. The van der Waals surface area contributed by atoms with E-state index in [4.69, 9.17) is 4.74 Å². The van der Waals surface area contributed by atoms with E-state index >= 15 is 0 Å². The second-order valence-corrected chi connectivity index (χ2v) is 7.99. The molecule has 0 radical (unpaired) electrons. The highest BCUT2D eigenvalue weighted by atomic mass is 32.2. The summed E-state index contributed by atoms with van der Waals surface area (Å²) < 4.78 is 5.02. The van der Waals surface area contributed by atoms with Crippen molar-refractivity contribution in [2.75, 3.05) is 17.7 Å². The lowest BCUT2D eigenvalue weighted by molar-refractivity contribution is -0.144. The third-order valence-electron chi connectivity index (χ3n) is 4.00. The molecule has 0 atom stereocenters. The molecule has 1 heterocycles. The Kier molecular flexibility index (Phi) is 6.31. The zero-order chi connectivity index (χ0) is 18.4. The van der Waals surface area contributed by atoms with Crippen molar-refractivity contribution in [3.05, 3.63) is 46.3 Å². The summed E-state index contributed by atoms with van der Waals surface area (Å²) in [7, 11) is 0. The number of anilines is 1. The Balaban J connectivity index is 1.49. The molecule has 26 heavy (non-hydrogen) atoms. The topological polar surface area (TPSA) is 79.2 Å². The van der Waals surface area contributed by atoms with E-state index < -0.39 is 11.9 Å². The number of thioether (sulfide) groups is 1. The van der Waals surface area contributed by atoms with Crippen LogP contribution in [0.4, 0.5) is 5.00 Å². The van der Waals surface area contributed by atoms with Gasteiger partial charge in [-0.3, -0.25) is 9.59 Å². The lowest BCUT2D eigenvalue weighted by atomic mass is 9.96. The first kappa shape index (κ1) is 18.5. The van der Waals surface area contributed by atoms with Gasteiger partial charge in [0.25, 0.3) is 5.91 Å². The predicted octanol–water partition coefficient (Wildman–Crippen LogP) is 3.77. The van der Waals surface area contributed by atoms with Gasteiger partial charge in [-0.15, -0.1) is 23.1 Å². The number of hydrogen-bond donors (Lipinski definition) is 1. The monoisotopic (exact) mass is 386 g/mol. The molecule has 1 N–H and O–H groups in total. The molecule has 3 rings (SSSR count). The van der Waals surface area contributed by atoms with Gasteiger partial charge in [-0.1, -0.05) is 18.2 Å². The summed E-state index contributed by atoms with van der Waals surface area (Å²) in [6.07, 6.45) is 4.03. The Morgan fingerprint density at radius 1 is 1.23 bits per heavy atom. The third-order valence-corrected chi connectivity index (χ3v) is 6.19. The summed E-state index contributed by atoms with van der Waals surface area (Å²) in [6.45, 7) is -0.346. The van der Waals surface area contributed by atoms with Gasteiger partial charge in [0.2, 0.25) is 0 Å². The van der Waals surface area contributed by atoms with Crippen LogP contribution >= 0.6 is 23.1 Å². The van der Waals surface area contributed by atoms with E-state index in [0.29, 0.717) is 10.6 Å². The molecule has 7 heteroatoms. The van der Waals surface area contributed by atoms with Crippen LogP contribution < -0.4 is 5.32 Å². The van der Waals surface area contributed by atoms with Crippen LogP contribution in [0.2, 0.25) is 0 Å². The second kappa shape index (κ2) is 8.88. The molecule has 0 fully saturated rings. The van der Waals surface area contributed by atoms with Crippen molar-refractivity contribution in [1.29, 1.82) is 5.26 Å². The number of esters is 1. The average Bonchev–Trinajstić information content (AvgIpc) is 3.02. The SMILES string of the molecule is N#Cc1c(NC(=O)COC(=O)CSc2ccccc2)sc2c1CCCC2. The Morgan fingerprint density at radius 2 is 2.00 bits per heavy atom. The quantitative estimate of drug-likeness (QED) is 0.604. The molecule has 1 aliphatic rings. The zero-order valence-electron chi connectivity index (χ0n) is 14.1. The Labute approximate surface area is 160 Å². The number of carbonyl (C=O) groups is 2. The van der Waals surface area contributed by atoms with Crippen LogP contribution in [0.1, 0.15) is 28.8 Å². The molecule has 0 spiro atoms. The van der Waals surface area contributed by atoms with Gasteiger partial charge in [-0.05, 0) is 43.4 Å². The van der Waals surface area contributed by atoms with Gasteiger partial charge in [0, 0.05) is 9.77 Å². The van der Waals surface area contributed by atoms with E-state index in [1.54, 1.807) is 0 Å². The standard InChI is InChI=1S/C19H18N2O3S2/c20-10-15-14-8-4-5-9-16(14)26-19(15)21-17(22)11-24-18(23)12-25-13-6-2-1-3-7-13/h1-3,6-7H,4-5,8-9,11-12H2,(H,21,22). The van der Waals surface area contributed by atoms with E-state index in [1.807, 2.05) is 30.3 Å². The number of hydrogen-bond acceptors (Lipinski definition) is 6. The number of nitrogens with one attached hydrogen (secondary N) is 1. The van der Waals surface area contributed by atoms with E-state index in [0.717, 1.165) is 36.1 Å². The molecule has 0 unspecified atom stereocenters. The molecule has 0 bridgehead atoms. The smallest absolute Gasteiger partial charge is 0.316 e. The van der Waals surface area contributed by atoms with Crippen molar-refractivity contribution in [3.63, 3.8) is 0 Å². The molecule has 1 aliphatic carbocycles. The predicted molar refractivity (Wildman–Crippen MR) is 102 cm³/mol. The van der Waals surface area contributed by atoms with Crippen molar-refractivity contribution < 1.29 is 14.3 Å². The van der Waals surface area contributed by atoms with Gasteiger partial charge < -0.3 is 10.1 Å².